The van der Waals surface area contributed by atoms with Crippen molar-refractivity contribution in [2.24, 2.45) is 0 Å². The van der Waals surface area contributed by atoms with Crippen molar-refractivity contribution in [1.82, 2.24) is 19.5 Å². The summed E-state index contributed by atoms with van der Waals surface area (Å²) in [7, 11) is 0. The Hall–Kier alpha value is -6.07. The fourth-order valence-electron chi connectivity index (χ4n) is 5.97. The van der Waals surface area contributed by atoms with Crippen molar-refractivity contribution >= 4 is 43.7 Å². The summed E-state index contributed by atoms with van der Waals surface area (Å²) >= 11 is 0. The molecule has 0 saturated carbocycles. The highest BCUT2D eigenvalue weighted by Crippen LogP contribution is 2.38. The van der Waals surface area contributed by atoms with E-state index in [1.54, 1.807) is 12.1 Å². The molecule has 0 radical (unpaired) electrons. The topological polar surface area (TPSA) is 56.7 Å². The zero-order valence-corrected chi connectivity index (χ0v) is 23.2. The molecule has 0 aliphatic carbocycles. The Bertz CT molecular complexity index is 2710. The van der Waals surface area contributed by atoms with E-state index >= 15 is 0 Å². The summed E-state index contributed by atoms with van der Waals surface area (Å²) in [5.41, 5.74) is 5.09. The third-order valence-electron chi connectivity index (χ3n) is 7.96. The average Bonchev–Trinajstić information content (AvgIpc) is 3.69. The maximum Gasteiger partial charge on any atom is 0.238 e. The lowest BCUT2D eigenvalue weighted by molar-refractivity contribution is 0.670. The van der Waals surface area contributed by atoms with Crippen LogP contribution < -0.4 is 0 Å². The average molecular weight is 570 g/mol. The monoisotopic (exact) mass is 569 g/mol. The molecule has 0 aliphatic heterocycles. The van der Waals surface area contributed by atoms with Crippen LogP contribution in [0.2, 0.25) is 0 Å². The molecule has 44 heavy (non-hydrogen) atoms. The van der Waals surface area contributed by atoms with Crippen LogP contribution in [0.3, 0.4) is 0 Å². The Balaban J connectivity index is 1.28. The molecule has 0 bridgehead atoms. The largest absolute Gasteiger partial charge is 0.455 e. The summed E-state index contributed by atoms with van der Waals surface area (Å²) in [5.74, 6) is 1.49. The molecule has 9 rings (SSSR count). The van der Waals surface area contributed by atoms with Crippen molar-refractivity contribution in [1.29, 1.82) is 0 Å². The standard InChI is InChI=1S/C39H24N4O/c1-3-12-25(13-4-1)28-18-11-19-31-32-24-27(22-23-35(32)44-36(28)31)38-40-37(26-14-5-2-6-15-26)41-39(42-38)43-33-20-9-7-16-29(33)30-17-8-10-21-34(30)43/h1-24H/i1D,3D,4D,12D,13D. The zero-order valence-electron chi connectivity index (χ0n) is 28.2. The number of para-hydroxylation sites is 3. The minimum Gasteiger partial charge on any atom is -0.455 e. The molecular weight excluding hydrogens is 540 g/mol. The fourth-order valence-corrected chi connectivity index (χ4v) is 5.97. The second-order valence-corrected chi connectivity index (χ2v) is 10.5. The predicted molar refractivity (Wildman–Crippen MR) is 178 cm³/mol. The van der Waals surface area contributed by atoms with E-state index in [1.807, 2.05) is 78.9 Å². The summed E-state index contributed by atoms with van der Waals surface area (Å²) in [6.45, 7) is 0. The van der Waals surface area contributed by atoms with E-state index in [1.165, 1.54) is 0 Å². The summed E-state index contributed by atoms with van der Waals surface area (Å²) < 4.78 is 50.0. The predicted octanol–water partition coefficient (Wildman–Crippen LogP) is 9.87. The van der Waals surface area contributed by atoms with Crippen molar-refractivity contribution in [3.05, 3.63) is 145 Å². The number of aromatic nitrogens is 4. The Kier molecular flexibility index (Phi) is 4.42. The third kappa shape index (κ3) is 3.83. The molecule has 206 valence electrons. The number of benzene rings is 6. The molecule has 5 heteroatoms. The lowest BCUT2D eigenvalue weighted by atomic mass is 10.0. The molecule has 0 amide bonds. The molecule has 0 fully saturated rings. The van der Waals surface area contributed by atoms with Gasteiger partial charge in [-0.05, 0) is 35.9 Å². The first-order valence-corrected chi connectivity index (χ1v) is 14.2. The molecule has 3 heterocycles. The van der Waals surface area contributed by atoms with Crippen LogP contribution in [0.1, 0.15) is 6.85 Å². The van der Waals surface area contributed by atoms with Gasteiger partial charge in [-0.15, -0.1) is 0 Å². The van der Waals surface area contributed by atoms with Gasteiger partial charge < -0.3 is 4.42 Å². The number of rotatable bonds is 4. The van der Waals surface area contributed by atoms with Crippen LogP contribution in [0, 0.1) is 0 Å². The minimum atomic E-state index is -0.437. The van der Waals surface area contributed by atoms with Gasteiger partial charge in [0.1, 0.15) is 11.2 Å². The van der Waals surface area contributed by atoms with Crippen molar-refractivity contribution in [3.63, 3.8) is 0 Å². The number of hydrogen-bond acceptors (Lipinski definition) is 4. The minimum absolute atomic E-state index is 0.0941. The normalized spacial score (nSPS) is 13.2. The highest BCUT2D eigenvalue weighted by atomic mass is 16.3. The van der Waals surface area contributed by atoms with E-state index in [0.717, 1.165) is 43.7 Å². The van der Waals surface area contributed by atoms with Gasteiger partial charge in [0.05, 0.1) is 17.9 Å². The van der Waals surface area contributed by atoms with Crippen molar-refractivity contribution in [2.75, 3.05) is 0 Å². The van der Waals surface area contributed by atoms with Crippen LogP contribution in [0.15, 0.2) is 150 Å². The molecule has 0 atom stereocenters. The first-order valence-electron chi connectivity index (χ1n) is 16.7. The maximum absolute atomic E-state index is 8.56. The number of fused-ring (bicyclic) bond motifs is 6. The number of hydrogen-bond donors (Lipinski definition) is 0. The highest BCUT2D eigenvalue weighted by Gasteiger charge is 2.19. The molecule has 5 nitrogen and oxygen atoms in total. The molecule has 0 N–H and O–H groups in total. The molecule has 0 saturated heterocycles. The van der Waals surface area contributed by atoms with Gasteiger partial charge in [-0.25, -0.2) is 4.98 Å². The molecule has 3 aromatic heterocycles. The van der Waals surface area contributed by atoms with E-state index in [9.17, 15) is 0 Å². The number of nitrogens with zero attached hydrogens (tertiary/aromatic N) is 4. The first-order chi connectivity index (χ1) is 23.9. The van der Waals surface area contributed by atoms with Gasteiger partial charge in [-0.1, -0.05) is 115 Å². The van der Waals surface area contributed by atoms with Crippen LogP contribution in [-0.4, -0.2) is 19.5 Å². The Labute approximate surface area is 259 Å². The fraction of sp³-hybridized carbons (Fsp3) is 0. The Morgan fingerprint density at radius 1 is 0.523 bits per heavy atom. The van der Waals surface area contributed by atoms with Crippen LogP contribution in [0.4, 0.5) is 0 Å². The van der Waals surface area contributed by atoms with Crippen LogP contribution in [0.25, 0.3) is 83.6 Å². The third-order valence-corrected chi connectivity index (χ3v) is 7.96. The van der Waals surface area contributed by atoms with E-state index in [-0.39, 0.29) is 17.6 Å². The zero-order chi connectivity index (χ0) is 33.4. The highest BCUT2D eigenvalue weighted by molar-refractivity contribution is 6.11. The smallest absolute Gasteiger partial charge is 0.238 e. The Morgan fingerprint density at radius 2 is 1.18 bits per heavy atom. The maximum atomic E-state index is 8.56. The quantitative estimate of drug-likeness (QED) is 0.212. The van der Waals surface area contributed by atoms with Gasteiger partial charge >= 0.3 is 0 Å². The summed E-state index contributed by atoms with van der Waals surface area (Å²) in [4.78, 5) is 15.0. The molecule has 0 spiro atoms. The molecule has 0 unspecified atom stereocenters. The van der Waals surface area contributed by atoms with Crippen LogP contribution >= 0.6 is 0 Å². The second-order valence-electron chi connectivity index (χ2n) is 10.5. The molecule has 0 aliphatic rings. The first kappa shape index (κ1) is 19.9. The van der Waals surface area contributed by atoms with Crippen LogP contribution in [0.5, 0.6) is 0 Å². The van der Waals surface area contributed by atoms with Gasteiger partial charge in [-0.2, -0.15) is 9.97 Å². The lowest BCUT2D eigenvalue weighted by Gasteiger charge is -2.11. The SMILES string of the molecule is [2H]c1c([2H])c([2H])c(-c2cccc3c2oc2ccc(-c4nc(-c5ccccc5)nc(-n5c6ccccc6c6ccccc65)n4)cc23)c([2H])c1[2H]. The van der Waals surface area contributed by atoms with Crippen molar-refractivity contribution < 1.29 is 11.3 Å². The summed E-state index contributed by atoms with van der Waals surface area (Å²) in [6.07, 6.45) is 0. The van der Waals surface area contributed by atoms with Gasteiger partial charge in [0.25, 0.3) is 0 Å². The second kappa shape index (κ2) is 9.75. The molecular formula is C39H24N4O. The summed E-state index contributed by atoms with van der Waals surface area (Å²) in [6, 6.07) is 35.6. The van der Waals surface area contributed by atoms with E-state index in [2.05, 4.69) is 28.8 Å². The number of furan rings is 1. The van der Waals surface area contributed by atoms with Gasteiger partial charge in [0.2, 0.25) is 5.95 Å². The van der Waals surface area contributed by atoms with Gasteiger partial charge in [0.15, 0.2) is 11.6 Å². The Morgan fingerprint density at radius 3 is 1.93 bits per heavy atom. The van der Waals surface area contributed by atoms with Gasteiger partial charge in [-0.3, -0.25) is 4.57 Å². The van der Waals surface area contributed by atoms with Crippen molar-refractivity contribution in [3.8, 4) is 39.9 Å². The van der Waals surface area contributed by atoms with E-state index in [4.69, 9.17) is 26.2 Å². The van der Waals surface area contributed by atoms with E-state index in [0.29, 0.717) is 34.3 Å². The van der Waals surface area contributed by atoms with E-state index < -0.39 is 18.1 Å². The summed E-state index contributed by atoms with van der Waals surface area (Å²) in [5, 5.41) is 3.72. The van der Waals surface area contributed by atoms with Crippen molar-refractivity contribution in [2.45, 2.75) is 0 Å². The van der Waals surface area contributed by atoms with Crippen LogP contribution in [-0.2, 0) is 0 Å². The lowest BCUT2D eigenvalue weighted by Crippen LogP contribution is -2.06. The van der Waals surface area contributed by atoms with Gasteiger partial charge in [0, 0.05) is 38.2 Å². The molecule has 6 aromatic carbocycles. The molecule has 9 aromatic rings.